The number of hydrogen-bond acceptors (Lipinski definition) is 3. The van der Waals surface area contributed by atoms with Crippen molar-refractivity contribution in [1.82, 2.24) is 9.55 Å². The number of ether oxygens (including phenoxy) is 1. The van der Waals surface area contributed by atoms with Gasteiger partial charge in [0.25, 0.3) is 0 Å². The van der Waals surface area contributed by atoms with Crippen molar-refractivity contribution in [3.05, 3.63) is 52.5 Å². The van der Waals surface area contributed by atoms with E-state index >= 15 is 0 Å². The van der Waals surface area contributed by atoms with Gasteiger partial charge in [-0.3, -0.25) is 4.79 Å². The van der Waals surface area contributed by atoms with E-state index in [0.717, 1.165) is 0 Å². The molecule has 0 radical (unpaired) electrons. The molecule has 4 nitrogen and oxygen atoms in total. The van der Waals surface area contributed by atoms with Gasteiger partial charge in [0.1, 0.15) is 0 Å². The fourth-order valence-corrected chi connectivity index (χ4v) is 2.54. The van der Waals surface area contributed by atoms with Gasteiger partial charge >= 0.3 is 0 Å². The van der Waals surface area contributed by atoms with E-state index in [1.165, 1.54) is 0 Å². The minimum Gasteiger partial charge on any atom is -0.384 e. The van der Waals surface area contributed by atoms with E-state index in [2.05, 4.69) is 4.98 Å². The summed E-state index contributed by atoms with van der Waals surface area (Å²) < 4.78 is 6.71. The molecule has 0 saturated heterocycles. The van der Waals surface area contributed by atoms with E-state index < -0.39 is 0 Å². The van der Waals surface area contributed by atoms with Crippen LogP contribution in [0, 0.1) is 5.92 Å². The van der Waals surface area contributed by atoms with Crippen molar-refractivity contribution in [2.75, 3.05) is 13.7 Å². The van der Waals surface area contributed by atoms with Crippen molar-refractivity contribution < 1.29 is 9.53 Å². The second kappa shape index (κ2) is 7.58. The number of rotatable bonds is 6. The van der Waals surface area contributed by atoms with E-state index in [-0.39, 0.29) is 11.7 Å². The molecule has 1 heterocycles. The first-order valence-corrected chi connectivity index (χ1v) is 7.47. The molecule has 116 valence electrons. The third kappa shape index (κ3) is 3.77. The third-order valence-corrected chi connectivity index (χ3v) is 3.84. The van der Waals surface area contributed by atoms with Crippen molar-refractivity contribution in [1.29, 1.82) is 0 Å². The Kier molecular flexibility index (Phi) is 5.77. The minimum atomic E-state index is -0.292. The quantitative estimate of drug-likeness (QED) is 0.746. The first kappa shape index (κ1) is 16.7. The number of methoxy groups -OCH3 is 1. The number of allylic oxidation sites excluding steroid dienone is 1. The Bertz CT molecular complexity index is 661. The van der Waals surface area contributed by atoms with Gasteiger partial charge < -0.3 is 9.30 Å². The predicted molar refractivity (Wildman–Crippen MR) is 88.9 cm³/mol. The molecule has 2 rings (SSSR count). The Labute approximate surface area is 139 Å². The highest BCUT2D eigenvalue weighted by atomic mass is 35.5. The Morgan fingerprint density at radius 3 is 2.64 bits per heavy atom. The number of benzene rings is 1. The topological polar surface area (TPSA) is 44.1 Å². The second-order valence-electron chi connectivity index (χ2n) is 4.86. The van der Waals surface area contributed by atoms with Crippen LogP contribution in [0.5, 0.6) is 0 Å². The Morgan fingerprint density at radius 2 is 2.09 bits per heavy atom. The lowest BCUT2D eigenvalue weighted by atomic mass is 10.0. The van der Waals surface area contributed by atoms with E-state index in [1.54, 1.807) is 54.7 Å². The lowest BCUT2D eigenvalue weighted by molar-refractivity contribution is -0.118. The highest BCUT2D eigenvalue weighted by molar-refractivity contribution is 6.38. The maximum atomic E-state index is 12.7. The molecule has 6 heteroatoms. The molecule has 22 heavy (non-hydrogen) atoms. The number of Topliss-reactive ketones (excluding diaryl/α,β-unsaturated/α-hetero) is 1. The normalized spacial score (nSPS) is 13.2. The molecule has 0 aliphatic heterocycles. The number of aromatic nitrogens is 2. The zero-order chi connectivity index (χ0) is 16.1. The van der Waals surface area contributed by atoms with Crippen molar-refractivity contribution in [3.63, 3.8) is 0 Å². The molecule has 1 aromatic carbocycles. The molecule has 0 saturated carbocycles. The number of hydrogen-bond donors (Lipinski definition) is 0. The summed E-state index contributed by atoms with van der Waals surface area (Å²) in [6.45, 7) is 2.14. The molecular formula is C16H16Cl2N2O2. The van der Waals surface area contributed by atoms with Gasteiger partial charge in [-0.05, 0) is 18.2 Å². The minimum absolute atomic E-state index is 0.0733. The average molecular weight is 339 g/mol. The van der Waals surface area contributed by atoms with Crippen molar-refractivity contribution in [2.45, 2.75) is 6.92 Å². The molecule has 0 N–H and O–H groups in total. The lowest BCUT2D eigenvalue weighted by Crippen LogP contribution is -2.20. The number of imidazole rings is 1. The fraction of sp³-hybridized carbons (Fsp3) is 0.250. The molecule has 0 aliphatic rings. The van der Waals surface area contributed by atoms with Crippen LogP contribution in [0.2, 0.25) is 10.0 Å². The van der Waals surface area contributed by atoms with E-state index in [4.69, 9.17) is 27.9 Å². The van der Waals surface area contributed by atoms with Crippen LogP contribution >= 0.6 is 23.2 Å². The van der Waals surface area contributed by atoms with Crippen LogP contribution in [0.3, 0.4) is 0 Å². The maximum absolute atomic E-state index is 12.7. The molecule has 1 aromatic heterocycles. The van der Waals surface area contributed by atoms with Crippen molar-refractivity contribution >= 4 is 40.8 Å². The fourth-order valence-electron chi connectivity index (χ4n) is 2.04. The molecular weight excluding hydrogens is 323 g/mol. The summed E-state index contributed by atoms with van der Waals surface area (Å²) in [6.07, 6.45) is 6.55. The first-order valence-electron chi connectivity index (χ1n) is 6.71. The summed E-state index contributed by atoms with van der Waals surface area (Å²) in [5, 5.41) is 0.967. The number of ketones is 1. The smallest absolute Gasteiger partial charge is 0.184 e. The van der Waals surface area contributed by atoms with Crippen LogP contribution in [0.15, 0.2) is 36.9 Å². The van der Waals surface area contributed by atoms with Gasteiger partial charge in [-0.25, -0.2) is 4.98 Å². The highest BCUT2D eigenvalue weighted by Crippen LogP contribution is 2.28. The Hall–Kier alpha value is -1.62. The first-order chi connectivity index (χ1) is 10.5. The summed E-state index contributed by atoms with van der Waals surface area (Å²) in [5.41, 5.74) is 1.05. The van der Waals surface area contributed by atoms with E-state index in [9.17, 15) is 4.79 Å². The van der Waals surface area contributed by atoms with Crippen molar-refractivity contribution in [3.8, 4) is 0 Å². The van der Waals surface area contributed by atoms with E-state index in [0.29, 0.717) is 27.9 Å². The van der Waals surface area contributed by atoms with Crippen molar-refractivity contribution in [2.24, 2.45) is 5.92 Å². The van der Waals surface area contributed by atoms with Gasteiger partial charge in [0.2, 0.25) is 0 Å². The molecule has 0 aliphatic carbocycles. The molecule has 0 amide bonds. The maximum Gasteiger partial charge on any atom is 0.184 e. The van der Waals surface area contributed by atoms with Gasteiger partial charge in [-0.2, -0.15) is 0 Å². The van der Waals surface area contributed by atoms with Gasteiger partial charge in [-0.1, -0.05) is 36.2 Å². The monoisotopic (exact) mass is 338 g/mol. The third-order valence-electron chi connectivity index (χ3n) is 3.18. The molecule has 0 bridgehead atoms. The Balaban J connectivity index is 2.50. The second-order valence-corrected chi connectivity index (χ2v) is 5.67. The zero-order valence-corrected chi connectivity index (χ0v) is 13.8. The van der Waals surface area contributed by atoms with Gasteiger partial charge in [-0.15, -0.1) is 0 Å². The summed E-state index contributed by atoms with van der Waals surface area (Å²) in [7, 11) is 1.56. The molecule has 0 spiro atoms. The van der Waals surface area contributed by atoms with Gasteiger partial charge in [0, 0.05) is 41.0 Å². The van der Waals surface area contributed by atoms with Gasteiger partial charge in [0.15, 0.2) is 5.78 Å². The van der Waals surface area contributed by atoms with Crippen LogP contribution in [0.25, 0.3) is 11.8 Å². The van der Waals surface area contributed by atoms with E-state index in [1.807, 2.05) is 6.92 Å². The average Bonchev–Trinajstić information content (AvgIpc) is 3.00. The van der Waals surface area contributed by atoms with Crippen LogP contribution in [-0.4, -0.2) is 29.1 Å². The lowest BCUT2D eigenvalue weighted by Gasteiger charge is -2.14. The van der Waals surface area contributed by atoms with Crippen LogP contribution in [0.1, 0.15) is 12.5 Å². The zero-order valence-electron chi connectivity index (χ0n) is 12.3. The molecule has 1 unspecified atom stereocenters. The summed E-state index contributed by atoms with van der Waals surface area (Å²) in [6, 6.07) is 5.22. The number of nitrogens with zero attached hydrogens (tertiary/aromatic N) is 2. The highest BCUT2D eigenvalue weighted by Gasteiger charge is 2.20. The van der Waals surface area contributed by atoms with Crippen LogP contribution < -0.4 is 0 Å². The number of carbonyl (C=O) groups excluding carboxylic acids is 1. The number of halogens is 2. The molecule has 2 aromatic rings. The molecule has 0 fully saturated rings. The SMILES string of the molecule is COCC(C)C(=O)/C(=C/c1c(Cl)cccc1Cl)n1ccnc1. The van der Waals surface area contributed by atoms with Crippen LogP contribution in [-0.2, 0) is 9.53 Å². The van der Waals surface area contributed by atoms with Crippen LogP contribution in [0.4, 0.5) is 0 Å². The summed E-state index contributed by atoms with van der Waals surface area (Å²) >= 11 is 12.4. The molecule has 1 atom stereocenters. The summed E-state index contributed by atoms with van der Waals surface area (Å²) in [5.74, 6) is -0.365. The predicted octanol–water partition coefficient (Wildman–Crippen LogP) is 4.04. The standard InChI is InChI=1S/C16H16Cl2N2O2/c1-11(9-22-2)16(21)15(20-7-6-19-10-20)8-12-13(17)4-3-5-14(12)18/h3-8,10-11H,9H2,1-2H3/b15-8-. The summed E-state index contributed by atoms with van der Waals surface area (Å²) in [4.78, 5) is 16.7. The van der Waals surface area contributed by atoms with Gasteiger partial charge in [0.05, 0.1) is 18.6 Å². The largest absolute Gasteiger partial charge is 0.384 e. The number of carbonyl (C=O) groups is 1. The Morgan fingerprint density at radius 1 is 1.41 bits per heavy atom.